The molecule has 3 nitrogen and oxygen atoms in total. The molecule has 0 saturated heterocycles. The quantitative estimate of drug-likeness (QED) is 0.891. The van der Waals surface area contributed by atoms with Crippen molar-refractivity contribution >= 4 is 21.8 Å². The second kappa shape index (κ2) is 5.46. The molecule has 1 atom stereocenters. The van der Waals surface area contributed by atoms with Gasteiger partial charge in [-0.15, -0.1) is 0 Å². The highest BCUT2D eigenvalue weighted by atomic mass is 79.9. The van der Waals surface area contributed by atoms with Crippen molar-refractivity contribution in [2.75, 3.05) is 6.61 Å². The SMILES string of the molecule is CCC(=O)NC(C)(CO)c1cccc(Br)c1. The Morgan fingerprint density at radius 1 is 1.56 bits per heavy atom. The van der Waals surface area contributed by atoms with Crippen LogP contribution in [0.5, 0.6) is 0 Å². The summed E-state index contributed by atoms with van der Waals surface area (Å²) >= 11 is 3.37. The minimum atomic E-state index is -0.725. The monoisotopic (exact) mass is 285 g/mol. The van der Waals surface area contributed by atoms with Crippen LogP contribution in [0.4, 0.5) is 0 Å². The number of rotatable bonds is 4. The number of aliphatic hydroxyl groups is 1. The van der Waals surface area contributed by atoms with Gasteiger partial charge in [0, 0.05) is 10.9 Å². The van der Waals surface area contributed by atoms with Crippen LogP contribution in [0.1, 0.15) is 25.8 Å². The average molecular weight is 286 g/mol. The van der Waals surface area contributed by atoms with Gasteiger partial charge in [-0.3, -0.25) is 4.79 Å². The molecule has 1 aromatic carbocycles. The predicted octanol–water partition coefficient (Wildman–Crippen LogP) is 2.18. The van der Waals surface area contributed by atoms with Crippen LogP contribution in [0.25, 0.3) is 0 Å². The molecule has 0 saturated carbocycles. The van der Waals surface area contributed by atoms with Crippen LogP contribution in [0.15, 0.2) is 28.7 Å². The molecule has 16 heavy (non-hydrogen) atoms. The van der Waals surface area contributed by atoms with Crippen molar-refractivity contribution in [1.82, 2.24) is 5.32 Å². The Hall–Kier alpha value is -0.870. The van der Waals surface area contributed by atoms with Gasteiger partial charge in [0.15, 0.2) is 0 Å². The highest BCUT2D eigenvalue weighted by molar-refractivity contribution is 9.10. The van der Waals surface area contributed by atoms with E-state index in [9.17, 15) is 9.90 Å². The van der Waals surface area contributed by atoms with Crippen molar-refractivity contribution in [3.63, 3.8) is 0 Å². The third kappa shape index (κ3) is 3.06. The van der Waals surface area contributed by atoms with Gasteiger partial charge >= 0.3 is 0 Å². The van der Waals surface area contributed by atoms with E-state index in [0.717, 1.165) is 10.0 Å². The van der Waals surface area contributed by atoms with E-state index in [0.29, 0.717) is 6.42 Å². The summed E-state index contributed by atoms with van der Waals surface area (Å²) in [5, 5.41) is 12.3. The van der Waals surface area contributed by atoms with E-state index >= 15 is 0 Å². The van der Waals surface area contributed by atoms with Crippen LogP contribution < -0.4 is 5.32 Å². The number of amides is 1. The number of carbonyl (C=O) groups is 1. The number of benzene rings is 1. The summed E-state index contributed by atoms with van der Waals surface area (Å²) in [5.74, 6) is -0.0727. The predicted molar refractivity (Wildman–Crippen MR) is 67.0 cm³/mol. The van der Waals surface area contributed by atoms with Gasteiger partial charge in [-0.05, 0) is 24.6 Å². The van der Waals surface area contributed by atoms with Crippen molar-refractivity contribution < 1.29 is 9.90 Å². The smallest absolute Gasteiger partial charge is 0.220 e. The number of nitrogens with one attached hydrogen (secondary N) is 1. The topological polar surface area (TPSA) is 49.3 Å². The summed E-state index contributed by atoms with van der Waals surface area (Å²) in [6.45, 7) is 3.46. The summed E-state index contributed by atoms with van der Waals surface area (Å²) in [6, 6.07) is 7.57. The standard InChI is InChI=1S/C12H16BrNO2/c1-3-11(16)14-12(2,8-15)9-5-4-6-10(13)7-9/h4-7,15H,3,8H2,1-2H3,(H,14,16). The van der Waals surface area contributed by atoms with Gasteiger partial charge < -0.3 is 10.4 Å². The molecule has 0 aliphatic carbocycles. The zero-order chi connectivity index (χ0) is 12.2. The molecule has 1 amide bonds. The van der Waals surface area contributed by atoms with E-state index in [1.807, 2.05) is 31.2 Å². The van der Waals surface area contributed by atoms with E-state index in [2.05, 4.69) is 21.2 Å². The third-order valence-electron chi connectivity index (χ3n) is 2.51. The fraction of sp³-hybridized carbons (Fsp3) is 0.417. The van der Waals surface area contributed by atoms with Gasteiger partial charge in [-0.25, -0.2) is 0 Å². The van der Waals surface area contributed by atoms with Gasteiger partial charge in [0.05, 0.1) is 12.1 Å². The van der Waals surface area contributed by atoms with Crippen LogP contribution in [-0.2, 0) is 10.3 Å². The number of halogens is 1. The molecule has 0 fully saturated rings. The summed E-state index contributed by atoms with van der Waals surface area (Å²) < 4.78 is 0.926. The second-order valence-electron chi connectivity index (χ2n) is 3.90. The molecule has 1 unspecified atom stereocenters. The molecule has 88 valence electrons. The van der Waals surface area contributed by atoms with Crippen molar-refractivity contribution in [2.45, 2.75) is 25.8 Å². The maximum absolute atomic E-state index is 11.4. The molecule has 0 aliphatic heterocycles. The molecule has 0 aliphatic rings. The molecular formula is C12H16BrNO2. The normalized spacial score (nSPS) is 14.2. The molecule has 0 heterocycles. The Labute approximate surface area is 104 Å². The summed E-state index contributed by atoms with van der Waals surface area (Å²) in [6.07, 6.45) is 0.406. The lowest BCUT2D eigenvalue weighted by Gasteiger charge is -2.29. The van der Waals surface area contributed by atoms with E-state index in [-0.39, 0.29) is 12.5 Å². The molecule has 0 spiro atoms. The highest BCUT2D eigenvalue weighted by Gasteiger charge is 2.27. The van der Waals surface area contributed by atoms with E-state index in [4.69, 9.17) is 0 Å². The zero-order valence-corrected chi connectivity index (χ0v) is 11.0. The maximum Gasteiger partial charge on any atom is 0.220 e. The Bertz CT molecular complexity index is 381. The molecular weight excluding hydrogens is 270 g/mol. The van der Waals surface area contributed by atoms with Crippen molar-refractivity contribution in [3.05, 3.63) is 34.3 Å². The van der Waals surface area contributed by atoms with Gasteiger partial charge in [0.1, 0.15) is 0 Å². The Morgan fingerprint density at radius 3 is 2.75 bits per heavy atom. The van der Waals surface area contributed by atoms with Crippen molar-refractivity contribution in [3.8, 4) is 0 Å². The van der Waals surface area contributed by atoms with Crippen molar-refractivity contribution in [1.29, 1.82) is 0 Å². The zero-order valence-electron chi connectivity index (χ0n) is 9.46. The maximum atomic E-state index is 11.4. The van der Waals surface area contributed by atoms with E-state index in [1.54, 1.807) is 6.92 Å². The van der Waals surface area contributed by atoms with E-state index in [1.165, 1.54) is 0 Å². The molecule has 0 aromatic heterocycles. The minimum Gasteiger partial charge on any atom is -0.394 e. The minimum absolute atomic E-state index is 0.0727. The Morgan fingerprint density at radius 2 is 2.25 bits per heavy atom. The highest BCUT2D eigenvalue weighted by Crippen LogP contribution is 2.23. The summed E-state index contributed by atoms with van der Waals surface area (Å²) in [7, 11) is 0. The first kappa shape index (κ1) is 13.2. The number of aliphatic hydroxyl groups excluding tert-OH is 1. The van der Waals surface area contributed by atoms with Crippen LogP contribution in [-0.4, -0.2) is 17.6 Å². The molecule has 0 bridgehead atoms. The lowest BCUT2D eigenvalue weighted by atomic mass is 9.93. The molecule has 0 radical (unpaired) electrons. The van der Waals surface area contributed by atoms with Gasteiger partial charge in [-0.2, -0.15) is 0 Å². The third-order valence-corrected chi connectivity index (χ3v) is 3.01. The molecule has 2 N–H and O–H groups in total. The summed E-state index contributed by atoms with van der Waals surface area (Å²) in [5.41, 5.74) is 0.155. The van der Waals surface area contributed by atoms with Crippen LogP contribution >= 0.6 is 15.9 Å². The fourth-order valence-electron chi connectivity index (χ4n) is 1.43. The Balaban J connectivity index is 2.99. The first-order valence-electron chi connectivity index (χ1n) is 5.19. The first-order valence-corrected chi connectivity index (χ1v) is 5.99. The van der Waals surface area contributed by atoms with E-state index < -0.39 is 5.54 Å². The summed E-state index contributed by atoms with van der Waals surface area (Å²) in [4.78, 5) is 11.4. The van der Waals surface area contributed by atoms with Crippen LogP contribution in [0, 0.1) is 0 Å². The molecule has 1 aromatic rings. The lowest BCUT2D eigenvalue weighted by molar-refractivity contribution is -0.123. The van der Waals surface area contributed by atoms with Crippen molar-refractivity contribution in [2.24, 2.45) is 0 Å². The fourth-order valence-corrected chi connectivity index (χ4v) is 1.83. The largest absolute Gasteiger partial charge is 0.394 e. The van der Waals surface area contributed by atoms with Crippen LogP contribution in [0.3, 0.4) is 0 Å². The average Bonchev–Trinajstić information content (AvgIpc) is 2.28. The number of hydrogen-bond acceptors (Lipinski definition) is 2. The van der Waals surface area contributed by atoms with Crippen LogP contribution in [0.2, 0.25) is 0 Å². The molecule has 1 rings (SSSR count). The Kier molecular flexibility index (Phi) is 4.50. The van der Waals surface area contributed by atoms with Gasteiger partial charge in [-0.1, -0.05) is 35.0 Å². The number of carbonyl (C=O) groups excluding carboxylic acids is 1. The van der Waals surface area contributed by atoms with Gasteiger partial charge in [0.25, 0.3) is 0 Å². The second-order valence-corrected chi connectivity index (χ2v) is 4.82. The number of hydrogen-bond donors (Lipinski definition) is 2. The lowest BCUT2D eigenvalue weighted by Crippen LogP contribution is -2.46. The van der Waals surface area contributed by atoms with Gasteiger partial charge in [0.2, 0.25) is 5.91 Å². The molecule has 4 heteroatoms. The first-order chi connectivity index (χ1) is 7.51.